The van der Waals surface area contributed by atoms with E-state index in [-0.39, 0.29) is 18.3 Å². The maximum Gasteiger partial charge on any atom is 0.225 e. The number of carbonyl (C=O) groups is 1. The largest absolute Gasteiger partial charge is 0.317 e. The van der Waals surface area contributed by atoms with Gasteiger partial charge >= 0.3 is 0 Å². The molecule has 184 valence electrons. The minimum Gasteiger partial charge on any atom is -0.317 e. The van der Waals surface area contributed by atoms with Crippen molar-refractivity contribution in [1.29, 1.82) is 0 Å². The predicted molar refractivity (Wildman–Crippen MR) is 155 cm³/mol. The Hall–Kier alpha value is -1.61. The molecule has 3 heterocycles. The molecule has 0 atom stereocenters. The first-order valence-corrected chi connectivity index (χ1v) is 14.5. The zero-order chi connectivity index (χ0) is 23.5. The topological polar surface area (TPSA) is 45.2 Å². The molecule has 0 unspecified atom stereocenters. The first-order chi connectivity index (χ1) is 16.6. The molecule has 0 saturated heterocycles. The number of aromatic nitrogens is 1. The molecule has 2 aromatic carbocycles. The summed E-state index contributed by atoms with van der Waals surface area (Å²) in [6, 6.07) is 16.1. The highest BCUT2D eigenvalue weighted by molar-refractivity contribution is 7.99. The van der Waals surface area contributed by atoms with Gasteiger partial charge in [0.2, 0.25) is 5.91 Å². The van der Waals surface area contributed by atoms with Crippen molar-refractivity contribution in [2.45, 2.75) is 37.6 Å². The van der Waals surface area contributed by atoms with Gasteiger partial charge < -0.3 is 5.32 Å². The predicted octanol–water partition coefficient (Wildman–Crippen LogP) is 7.99. The molecule has 5 rings (SSSR count). The van der Waals surface area contributed by atoms with E-state index in [1.807, 2.05) is 30.3 Å². The fourth-order valence-electron chi connectivity index (χ4n) is 4.16. The summed E-state index contributed by atoms with van der Waals surface area (Å²) < 4.78 is 1.18. The summed E-state index contributed by atoms with van der Waals surface area (Å²) >= 11 is 11.2. The second-order valence-electron chi connectivity index (χ2n) is 8.27. The van der Waals surface area contributed by atoms with Crippen LogP contribution in [-0.2, 0) is 17.8 Å². The molecule has 1 aliphatic heterocycles. The Labute approximate surface area is 229 Å². The van der Waals surface area contributed by atoms with Crippen LogP contribution in [-0.4, -0.2) is 34.6 Å². The Kier molecular flexibility index (Phi) is 9.13. The normalized spacial score (nSPS) is 13.4. The van der Waals surface area contributed by atoms with Gasteiger partial charge in [-0.1, -0.05) is 30.7 Å². The number of thiophene rings is 1. The van der Waals surface area contributed by atoms with E-state index in [2.05, 4.69) is 35.3 Å². The van der Waals surface area contributed by atoms with Gasteiger partial charge in [-0.3, -0.25) is 9.69 Å². The van der Waals surface area contributed by atoms with Gasteiger partial charge in [0, 0.05) is 39.9 Å². The number of thioether (sulfide) groups is 1. The average molecular weight is 565 g/mol. The minimum atomic E-state index is 0. The number of nitrogens with one attached hydrogen (secondary N) is 1. The fourth-order valence-corrected chi connectivity index (χ4v) is 7.56. The lowest BCUT2D eigenvalue weighted by atomic mass is 10.0. The number of hydrogen-bond acceptors (Lipinski definition) is 6. The SMILES string of the molecule is CCN1CCc2c(sc(NC(=O)CCCSc3ccc(Cl)cc3)c2-c2nc3ccccc3s2)C1.Cl. The summed E-state index contributed by atoms with van der Waals surface area (Å²) in [6.45, 7) is 5.24. The second-order valence-corrected chi connectivity index (χ2v) is 12.0. The van der Waals surface area contributed by atoms with E-state index in [9.17, 15) is 4.79 Å². The lowest BCUT2D eigenvalue weighted by Crippen LogP contribution is -2.29. The summed E-state index contributed by atoms with van der Waals surface area (Å²) in [5.74, 6) is 0.969. The molecule has 0 fully saturated rings. The van der Waals surface area contributed by atoms with Crippen molar-refractivity contribution in [2.24, 2.45) is 0 Å². The number of fused-ring (bicyclic) bond motifs is 2. The third-order valence-electron chi connectivity index (χ3n) is 5.97. The summed E-state index contributed by atoms with van der Waals surface area (Å²) in [5, 5.41) is 5.96. The smallest absolute Gasteiger partial charge is 0.225 e. The number of likely N-dealkylation sites (N-methyl/N-ethyl adjacent to an activating group) is 1. The van der Waals surface area contributed by atoms with Crippen molar-refractivity contribution in [3.05, 3.63) is 64.0 Å². The molecule has 0 radical (unpaired) electrons. The van der Waals surface area contributed by atoms with Crippen LogP contribution in [0.2, 0.25) is 5.02 Å². The zero-order valence-electron chi connectivity index (χ0n) is 19.4. The standard InChI is InChI=1S/C26H26ClN3OS3.ClH/c1-2-30-14-13-19-22(16-30)34-26(24(19)25-28-20-6-3-4-7-21(20)33-25)29-23(31)8-5-15-32-18-11-9-17(27)10-12-18;/h3-4,6-7,9-12H,2,5,8,13-16H2,1H3,(H,29,31);1H. The van der Waals surface area contributed by atoms with E-state index in [1.54, 1.807) is 34.4 Å². The molecule has 1 N–H and O–H groups in total. The Balaban J connectivity index is 0.00000289. The maximum absolute atomic E-state index is 12.9. The van der Waals surface area contributed by atoms with Crippen LogP contribution in [0.4, 0.5) is 5.00 Å². The highest BCUT2D eigenvalue weighted by Gasteiger charge is 2.27. The van der Waals surface area contributed by atoms with Crippen LogP contribution in [0.25, 0.3) is 20.8 Å². The van der Waals surface area contributed by atoms with Crippen molar-refractivity contribution in [3.63, 3.8) is 0 Å². The van der Waals surface area contributed by atoms with Crippen molar-refractivity contribution in [2.75, 3.05) is 24.2 Å². The lowest BCUT2D eigenvalue weighted by molar-refractivity contribution is -0.116. The number of carbonyl (C=O) groups excluding carboxylic acids is 1. The molecule has 0 saturated carbocycles. The Morgan fingerprint density at radius 2 is 1.97 bits per heavy atom. The summed E-state index contributed by atoms with van der Waals surface area (Å²) in [6.07, 6.45) is 2.33. The van der Waals surface area contributed by atoms with Crippen LogP contribution in [0.15, 0.2) is 53.4 Å². The van der Waals surface area contributed by atoms with Crippen LogP contribution >= 0.6 is 58.4 Å². The zero-order valence-corrected chi connectivity index (χ0v) is 23.4. The number of nitrogens with zero attached hydrogens (tertiary/aromatic N) is 2. The average Bonchev–Trinajstić information content (AvgIpc) is 3.42. The fraction of sp³-hybridized carbons (Fsp3) is 0.308. The molecular formula is C26H27Cl2N3OS3. The molecule has 1 amide bonds. The quantitative estimate of drug-likeness (QED) is 0.174. The van der Waals surface area contributed by atoms with Gasteiger partial charge in [0.05, 0.1) is 10.2 Å². The van der Waals surface area contributed by atoms with Gasteiger partial charge in [-0.2, -0.15) is 0 Å². The van der Waals surface area contributed by atoms with Crippen LogP contribution in [0, 0.1) is 0 Å². The Morgan fingerprint density at radius 1 is 1.17 bits per heavy atom. The van der Waals surface area contributed by atoms with Crippen molar-refractivity contribution >= 4 is 79.6 Å². The number of amides is 1. The van der Waals surface area contributed by atoms with E-state index in [0.29, 0.717) is 6.42 Å². The first-order valence-electron chi connectivity index (χ1n) is 11.5. The van der Waals surface area contributed by atoms with Crippen LogP contribution < -0.4 is 5.32 Å². The van der Waals surface area contributed by atoms with E-state index in [1.165, 1.54) is 20.0 Å². The highest BCUT2D eigenvalue weighted by Crippen LogP contribution is 2.45. The highest BCUT2D eigenvalue weighted by atomic mass is 35.5. The van der Waals surface area contributed by atoms with Crippen molar-refractivity contribution in [1.82, 2.24) is 9.88 Å². The third-order valence-corrected chi connectivity index (χ3v) is 9.51. The molecule has 4 aromatic rings. The van der Waals surface area contributed by atoms with E-state index < -0.39 is 0 Å². The molecule has 0 bridgehead atoms. The monoisotopic (exact) mass is 563 g/mol. The van der Waals surface area contributed by atoms with Crippen molar-refractivity contribution < 1.29 is 4.79 Å². The molecular weight excluding hydrogens is 537 g/mol. The second kappa shape index (κ2) is 12.1. The molecule has 4 nitrogen and oxygen atoms in total. The number of thiazole rings is 1. The Bertz CT molecular complexity index is 1270. The molecule has 0 spiro atoms. The minimum absolute atomic E-state index is 0. The van der Waals surface area contributed by atoms with E-state index in [4.69, 9.17) is 16.6 Å². The molecule has 1 aliphatic rings. The molecule has 0 aliphatic carbocycles. The number of halogens is 2. The van der Waals surface area contributed by atoms with Crippen LogP contribution in [0.1, 0.15) is 30.2 Å². The van der Waals surface area contributed by atoms with Gasteiger partial charge in [0.1, 0.15) is 10.0 Å². The number of anilines is 1. The van der Waals surface area contributed by atoms with E-state index in [0.717, 1.165) is 64.3 Å². The van der Waals surface area contributed by atoms with Gasteiger partial charge in [-0.15, -0.1) is 46.8 Å². The molecule has 35 heavy (non-hydrogen) atoms. The molecule has 9 heteroatoms. The van der Waals surface area contributed by atoms with Gasteiger partial charge in [-0.25, -0.2) is 4.98 Å². The van der Waals surface area contributed by atoms with Crippen LogP contribution in [0.3, 0.4) is 0 Å². The van der Waals surface area contributed by atoms with Gasteiger partial charge in [-0.05, 0) is 67.1 Å². The number of rotatable bonds is 8. The van der Waals surface area contributed by atoms with Gasteiger partial charge in [0.15, 0.2) is 0 Å². The lowest BCUT2D eigenvalue weighted by Gasteiger charge is -2.25. The third kappa shape index (κ3) is 6.21. The van der Waals surface area contributed by atoms with Crippen molar-refractivity contribution in [3.8, 4) is 10.6 Å². The van der Waals surface area contributed by atoms with Gasteiger partial charge in [0.25, 0.3) is 0 Å². The number of hydrogen-bond donors (Lipinski definition) is 1. The number of benzene rings is 2. The van der Waals surface area contributed by atoms with Crippen LogP contribution in [0.5, 0.6) is 0 Å². The number of para-hydroxylation sites is 1. The summed E-state index contributed by atoms with van der Waals surface area (Å²) in [7, 11) is 0. The molecule has 2 aromatic heterocycles. The first kappa shape index (κ1) is 26.5. The Morgan fingerprint density at radius 3 is 2.74 bits per heavy atom. The van der Waals surface area contributed by atoms with E-state index >= 15 is 0 Å². The maximum atomic E-state index is 12.9. The summed E-state index contributed by atoms with van der Waals surface area (Å²) in [4.78, 5) is 22.8. The summed E-state index contributed by atoms with van der Waals surface area (Å²) in [5.41, 5.74) is 3.52.